The fourth-order valence-corrected chi connectivity index (χ4v) is 3.16. The summed E-state index contributed by atoms with van der Waals surface area (Å²) < 4.78 is 25.9. The first-order chi connectivity index (χ1) is 9.21. The van der Waals surface area contributed by atoms with E-state index in [1.807, 2.05) is 0 Å². The highest BCUT2D eigenvalue weighted by Gasteiger charge is 2.18. The van der Waals surface area contributed by atoms with Crippen molar-refractivity contribution in [3.8, 4) is 0 Å². The number of sulfonamides is 1. The van der Waals surface area contributed by atoms with Gasteiger partial charge in [0.2, 0.25) is 10.0 Å². The Bertz CT molecular complexity index is 717. The molecule has 1 aromatic heterocycles. The van der Waals surface area contributed by atoms with E-state index in [9.17, 15) is 8.42 Å². The lowest BCUT2D eigenvalue weighted by Crippen LogP contribution is -2.17. The molecule has 0 aliphatic rings. The van der Waals surface area contributed by atoms with Crippen LogP contribution in [0.4, 0.5) is 5.69 Å². The third-order valence-corrected chi connectivity index (χ3v) is 4.51. The number of alkyl halides is 1. The van der Waals surface area contributed by atoms with Crippen LogP contribution >= 0.6 is 11.6 Å². The normalized spacial score (nSPS) is 12.8. The zero-order valence-corrected chi connectivity index (χ0v) is 13.3. The summed E-state index contributed by atoms with van der Waals surface area (Å²) in [5, 5.41) is 0. The van der Waals surface area contributed by atoms with Gasteiger partial charge in [-0.15, -0.1) is 11.6 Å². The van der Waals surface area contributed by atoms with Crippen LogP contribution < -0.4 is 4.72 Å². The van der Waals surface area contributed by atoms with Gasteiger partial charge in [0.25, 0.3) is 0 Å². The summed E-state index contributed by atoms with van der Waals surface area (Å²) in [7, 11) is -3.39. The lowest BCUT2D eigenvalue weighted by Gasteiger charge is -2.13. The van der Waals surface area contributed by atoms with E-state index in [0.717, 1.165) is 16.9 Å². The standard InChI is InChI=1S/C13H18ClN3O2S/c1-13(2,3)12-15-10-5-4-9(8-11(10)16-12)17-20(18,19)7-6-14/h4-5,8,17H,6-7H2,1-3H3,(H,15,16). The topological polar surface area (TPSA) is 74.8 Å². The Morgan fingerprint density at radius 2 is 2.05 bits per heavy atom. The van der Waals surface area contributed by atoms with Gasteiger partial charge in [-0.3, -0.25) is 4.72 Å². The molecule has 2 rings (SSSR count). The van der Waals surface area contributed by atoms with E-state index < -0.39 is 10.0 Å². The number of halogens is 1. The summed E-state index contributed by atoms with van der Waals surface area (Å²) in [4.78, 5) is 7.73. The molecule has 0 aliphatic carbocycles. The van der Waals surface area contributed by atoms with E-state index >= 15 is 0 Å². The minimum atomic E-state index is -3.39. The fraction of sp³-hybridized carbons (Fsp3) is 0.462. The number of H-pyrrole nitrogens is 1. The SMILES string of the molecule is CC(C)(C)c1nc2ccc(NS(=O)(=O)CCCl)cc2[nH]1. The Morgan fingerprint density at radius 3 is 2.65 bits per heavy atom. The highest BCUT2D eigenvalue weighted by Crippen LogP contribution is 2.24. The molecule has 5 nitrogen and oxygen atoms in total. The predicted molar refractivity (Wildman–Crippen MR) is 82.9 cm³/mol. The van der Waals surface area contributed by atoms with Crippen LogP contribution in [0.1, 0.15) is 26.6 Å². The average molecular weight is 316 g/mol. The first-order valence-electron chi connectivity index (χ1n) is 6.28. The first kappa shape index (κ1) is 15.1. The van der Waals surface area contributed by atoms with Crippen molar-refractivity contribution in [2.45, 2.75) is 26.2 Å². The van der Waals surface area contributed by atoms with E-state index in [1.165, 1.54) is 0 Å². The number of hydrogen-bond donors (Lipinski definition) is 2. The molecule has 2 aromatic rings. The second kappa shape index (κ2) is 5.26. The molecule has 0 saturated heterocycles. The Balaban J connectivity index is 2.35. The van der Waals surface area contributed by atoms with Crippen molar-refractivity contribution in [3.63, 3.8) is 0 Å². The molecule has 0 fully saturated rings. The second-order valence-electron chi connectivity index (χ2n) is 5.68. The molecule has 2 N–H and O–H groups in total. The van der Waals surface area contributed by atoms with Gasteiger partial charge in [0.15, 0.2) is 0 Å². The third kappa shape index (κ3) is 3.43. The smallest absolute Gasteiger partial charge is 0.233 e. The lowest BCUT2D eigenvalue weighted by atomic mass is 9.96. The van der Waals surface area contributed by atoms with Gasteiger partial charge in [-0.05, 0) is 18.2 Å². The van der Waals surface area contributed by atoms with Crippen molar-refractivity contribution in [3.05, 3.63) is 24.0 Å². The maximum absolute atomic E-state index is 11.7. The lowest BCUT2D eigenvalue weighted by molar-refractivity contribution is 0.554. The summed E-state index contributed by atoms with van der Waals surface area (Å²) in [5.41, 5.74) is 2.04. The van der Waals surface area contributed by atoms with Crippen LogP contribution in [0, 0.1) is 0 Å². The molecular weight excluding hydrogens is 298 g/mol. The van der Waals surface area contributed by atoms with Crippen molar-refractivity contribution >= 4 is 38.3 Å². The van der Waals surface area contributed by atoms with Crippen molar-refractivity contribution in [1.29, 1.82) is 0 Å². The van der Waals surface area contributed by atoms with Gasteiger partial charge in [-0.2, -0.15) is 0 Å². The molecule has 1 aromatic carbocycles. The van der Waals surface area contributed by atoms with E-state index in [1.54, 1.807) is 18.2 Å². The van der Waals surface area contributed by atoms with Gasteiger partial charge in [0, 0.05) is 11.3 Å². The molecule has 0 bridgehead atoms. The monoisotopic (exact) mass is 315 g/mol. The van der Waals surface area contributed by atoms with Crippen molar-refractivity contribution in [2.24, 2.45) is 0 Å². The van der Waals surface area contributed by atoms with Gasteiger partial charge >= 0.3 is 0 Å². The number of nitrogens with zero attached hydrogens (tertiary/aromatic N) is 1. The zero-order valence-electron chi connectivity index (χ0n) is 11.7. The largest absolute Gasteiger partial charge is 0.341 e. The van der Waals surface area contributed by atoms with Gasteiger partial charge < -0.3 is 4.98 Å². The molecule has 1 heterocycles. The van der Waals surface area contributed by atoms with Crippen LogP contribution in [0.5, 0.6) is 0 Å². The van der Waals surface area contributed by atoms with Crippen LogP contribution in [0.3, 0.4) is 0 Å². The Hall–Kier alpha value is -1.27. The van der Waals surface area contributed by atoms with Crippen molar-refractivity contribution in [1.82, 2.24) is 9.97 Å². The molecule has 0 aliphatic heterocycles. The van der Waals surface area contributed by atoms with Crippen molar-refractivity contribution < 1.29 is 8.42 Å². The van der Waals surface area contributed by atoms with Crippen LogP contribution in [0.25, 0.3) is 11.0 Å². The molecule has 0 amide bonds. The Labute approximate surface area is 123 Å². The summed E-state index contributed by atoms with van der Waals surface area (Å²) in [5.74, 6) is 0.826. The number of imidazole rings is 1. The molecule has 0 saturated carbocycles. The average Bonchev–Trinajstić information content (AvgIpc) is 2.70. The molecule has 0 radical (unpaired) electrons. The fourth-order valence-electron chi connectivity index (χ4n) is 1.76. The van der Waals surface area contributed by atoms with Crippen LogP contribution in [0.15, 0.2) is 18.2 Å². The number of benzene rings is 1. The minimum absolute atomic E-state index is 0.0653. The Kier molecular flexibility index (Phi) is 3.97. The molecule has 0 spiro atoms. The van der Waals surface area contributed by atoms with E-state index in [0.29, 0.717) is 5.69 Å². The molecule has 0 atom stereocenters. The second-order valence-corrected chi connectivity index (χ2v) is 7.90. The molecule has 110 valence electrons. The quantitative estimate of drug-likeness (QED) is 0.852. The van der Waals surface area contributed by atoms with Gasteiger partial charge in [0.05, 0.1) is 22.5 Å². The third-order valence-electron chi connectivity index (χ3n) is 2.81. The summed E-state index contributed by atoms with van der Waals surface area (Å²) >= 11 is 5.47. The van der Waals surface area contributed by atoms with Gasteiger partial charge in [0.1, 0.15) is 5.82 Å². The number of nitrogens with one attached hydrogen (secondary N) is 2. The number of rotatable bonds is 4. The number of anilines is 1. The van der Waals surface area contributed by atoms with Crippen LogP contribution in [-0.4, -0.2) is 30.0 Å². The maximum atomic E-state index is 11.7. The van der Waals surface area contributed by atoms with Gasteiger partial charge in [-0.1, -0.05) is 20.8 Å². The molecule has 7 heteroatoms. The maximum Gasteiger partial charge on any atom is 0.233 e. The van der Waals surface area contributed by atoms with E-state index in [-0.39, 0.29) is 17.0 Å². The summed E-state index contributed by atoms with van der Waals surface area (Å²) in [6, 6.07) is 5.23. The summed E-state index contributed by atoms with van der Waals surface area (Å²) in [6.45, 7) is 6.19. The predicted octanol–water partition coefficient (Wildman–Crippen LogP) is 2.84. The van der Waals surface area contributed by atoms with E-state index in [4.69, 9.17) is 11.6 Å². The number of aromatic amines is 1. The van der Waals surface area contributed by atoms with Crippen LogP contribution in [-0.2, 0) is 15.4 Å². The minimum Gasteiger partial charge on any atom is -0.341 e. The van der Waals surface area contributed by atoms with Crippen LogP contribution in [0.2, 0.25) is 0 Å². The molecule has 0 unspecified atom stereocenters. The number of aromatic nitrogens is 2. The van der Waals surface area contributed by atoms with Crippen molar-refractivity contribution in [2.75, 3.05) is 16.4 Å². The zero-order chi connectivity index (χ0) is 15.0. The number of hydrogen-bond acceptors (Lipinski definition) is 3. The first-order valence-corrected chi connectivity index (χ1v) is 8.47. The number of fused-ring (bicyclic) bond motifs is 1. The molecular formula is C13H18ClN3O2S. The van der Waals surface area contributed by atoms with Gasteiger partial charge in [-0.25, -0.2) is 13.4 Å². The summed E-state index contributed by atoms with van der Waals surface area (Å²) in [6.07, 6.45) is 0. The van der Waals surface area contributed by atoms with E-state index in [2.05, 4.69) is 35.5 Å². The Morgan fingerprint density at radius 1 is 1.35 bits per heavy atom. The highest BCUT2D eigenvalue weighted by atomic mass is 35.5. The molecule has 20 heavy (non-hydrogen) atoms. The highest BCUT2D eigenvalue weighted by molar-refractivity contribution is 7.92.